The molecule has 0 nitrogen and oxygen atoms in total. The first-order valence-corrected chi connectivity index (χ1v) is 2.73. The van der Waals surface area contributed by atoms with Crippen molar-refractivity contribution in [2.24, 2.45) is 0 Å². The molecule has 49 valence electrons. The summed E-state index contributed by atoms with van der Waals surface area (Å²) >= 11 is 4.25. The summed E-state index contributed by atoms with van der Waals surface area (Å²) < 4.78 is 0.236. The van der Waals surface area contributed by atoms with E-state index in [2.05, 4.69) is 33.4 Å². The van der Waals surface area contributed by atoms with Crippen LogP contribution in [0.4, 0.5) is 0 Å². The average molecular weight is 212 g/mol. The van der Waals surface area contributed by atoms with Crippen LogP contribution in [0, 0.1) is 0 Å². The molecule has 0 atom stereocenters. The zero-order valence-electron chi connectivity index (χ0n) is 4.96. The van der Waals surface area contributed by atoms with Crippen LogP contribution in [0.3, 0.4) is 0 Å². The summed E-state index contributed by atoms with van der Waals surface area (Å²) in [5.41, 5.74) is 0. The Morgan fingerprint density at radius 2 is 1.57 bits per heavy atom. The minimum absolute atomic E-state index is 0. The van der Waals surface area contributed by atoms with Gasteiger partial charge in [-0.2, -0.15) is 12.6 Å². The molecule has 0 heterocycles. The second kappa shape index (κ2) is 4.02. The Bertz CT molecular complexity index is 37.8. The second-order valence-electron chi connectivity index (χ2n) is 2.17. The summed E-state index contributed by atoms with van der Waals surface area (Å²) in [6.45, 7) is 6.35. The Balaban J connectivity index is 0. The molecule has 1 radical (unpaired) electrons. The van der Waals surface area contributed by atoms with Crippen LogP contribution in [-0.2, 0) is 22.4 Å². The van der Waals surface area contributed by atoms with Crippen LogP contribution >= 0.6 is 12.6 Å². The van der Waals surface area contributed by atoms with E-state index >= 15 is 0 Å². The maximum absolute atomic E-state index is 4.25. The van der Waals surface area contributed by atoms with Crippen LogP contribution in [-0.4, -0.2) is 4.75 Å². The molecule has 0 rings (SSSR count). The van der Waals surface area contributed by atoms with E-state index in [4.69, 9.17) is 0 Å². The zero-order valence-corrected chi connectivity index (χ0v) is 7.33. The molecule has 0 amide bonds. The molecule has 0 aromatic carbocycles. The summed E-state index contributed by atoms with van der Waals surface area (Å²) in [6.07, 6.45) is 1.14. The smallest absolute Gasteiger partial charge is 0.00705 e. The minimum atomic E-state index is 0. The first kappa shape index (κ1) is 11.0. The van der Waals surface area contributed by atoms with Gasteiger partial charge in [0.15, 0.2) is 0 Å². The molecule has 0 saturated heterocycles. The van der Waals surface area contributed by atoms with Crippen LogP contribution in [0.15, 0.2) is 0 Å². The van der Waals surface area contributed by atoms with Crippen molar-refractivity contribution in [1.29, 1.82) is 0 Å². The molecule has 0 N–H and O–H groups in total. The molecule has 0 unspecified atom stereocenters. The molecule has 7 heavy (non-hydrogen) atoms. The van der Waals surface area contributed by atoms with E-state index in [-0.39, 0.29) is 27.1 Å². The van der Waals surface area contributed by atoms with Crippen molar-refractivity contribution < 1.29 is 22.4 Å². The largest absolute Gasteiger partial charge is 0.173 e. The fourth-order valence-electron chi connectivity index (χ4n) is 0. The molecule has 0 aromatic rings. The van der Waals surface area contributed by atoms with Crippen LogP contribution in [0.2, 0.25) is 0 Å². The van der Waals surface area contributed by atoms with E-state index in [1.54, 1.807) is 0 Å². The summed E-state index contributed by atoms with van der Waals surface area (Å²) in [6, 6.07) is 0. The molecule has 0 fully saturated rings. The Kier molecular flexibility index (Phi) is 6.29. The number of hydrogen-bond acceptors (Lipinski definition) is 1. The van der Waals surface area contributed by atoms with E-state index < -0.39 is 0 Å². The van der Waals surface area contributed by atoms with Crippen molar-refractivity contribution in [3.05, 3.63) is 0 Å². The molecule has 0 spiro atoms. The van der Waals surface area contributed by atoms with Gasteiger partial charge in [0.1, 0.15) is 0 Å². The Hall–Kier alpha value is 1.09. The summed E-state index contributed by atoms with van der Waals surface area (Å²) in [5.74, 6) is 0. The molecule has 0 aliphatic carbocycles. The van der Waals surface area contributed by atoms with Gasteiger partial charge in [0.05, 0.1) is 0 Å². The van der Waals surface area contributed by atoms with Gasteiger partial charge in [-0.3, -0.25) is 0 Å². The molecule has 0 aliphatic rings. The Labute approximate surface area is 67.0 Å². The Morgan fingerprint density at radius 1 is 1.43 bits per heavy atom. The third-order valence-electron chi connectivity index (χ3n) is 0.865. The van der Waals surface area contributed by atoms with Gasteiger partial charge in [0.25, 0.3) is 0 Å². The molecule has 0 saturated carbocycles. The maximum Gasteiger partial charge on any atom is 0.00705 e. The fourth-order valence-corrected chi connectivity index (χ4v) is 0. The zero-order chi connectivity index (χ0) is 5.21. The van der Waals surface area contributed by atoms with E-state index in [9.17, 15) is 0 Å². The van der Waals surface area contributed by atoms with Gasteiger partial charge in [0.2, 0.25) is 0 Å². The van der Waals surface area contributed by atoms with E-state index in [0.717, 1.165) is 6.42 Å². The van der Waals surface area contributed by atoms with Crippen molar-refractivity contribution in [2.75, 3.05) is 0 Å². The van der Waals surface area contributed by atoms with Gasteiger partial charge < -0.3 is 0 Å². The topological polar surface area (TPSA) is 0 Å². The van der Waals surface area contributed by atoms with Crippen LogP contribution in [0.25, 0.3) is 0 Å². The second-order valence-corrected chi connectivity index (χ2v) is 3.38. The number of hydrogen-bond donors (Lipinski definition) is 1. The molecule has 2 heteroatoms. The number of thiol groups is 1. The molecule has 0 bridgehead atoms. The van der Waals surface area contributed by atoms with Crippen molar-refractivity contribution >= 4 is 12.6 Å². The predicted molar refractivity (Wildman–Crippen MR) is 33.4 cm³/mol. The SMILES string of the molecule is CCC(C)(C)S.[Ag]. The number of rotatable bonds is 1. The maximum atomic E-state index is 4.25. The van der Waals surface area contributed by atoms with E-state index in [1.165, 1.54) is 0 Å². The van der Waals surface area contributed by atoms with Crippen molar-refractivity contribution in [2.45, 2.75) is 31.9 Å². The fraction of sp³-hybridized carbons (Fsp3) is 1.00. The summed E-state index contributed by atoms with van der Waals surface area (Å²) in [4.78, 5) is 0. The molecular weight excluding hydrogens is 200 g/mol. The first-order valence-electron chi connectivity index (χ1n) is 2.28. The van der Waals surface area contributed by atoms with Gasteiger partial charge >= 0.3 is 0 Å². The van der Waals surface area contributed by atoms with Gasteiger partial charge in [-0.25, -0.2) is 0 Å². The van der Waals surface area contributed by atoms with Crippen molar-refractivity contribution in [3.63, 3.8) is 0 Å². The van der Waals surface area contributed by atoms with Crippen LogP contribution in [0.5, 0.6) is 0 Å². The predicted octanol–water partition coefficient (Wildman–Crippen LogP) is 2.10. The van der Waals surface area contributed by atoms with Crippen molar-refractivity contribution in [3.8, 4) is 0 Å². The van der Waals surface area contributed by atoms with Crippen LogP contribution < -0.4 is 0 Å². The Morgan fingerprint density at radius 3 is 1.57 bits per heavy atom. The average Bonchev–Trinajstić information content (AvgIpc) is 1.35. The van der Waals surface area contributed by atoms with Gasteiger partial charge in [0, 0.05) is 27.1 Å². The standard InChI is InChI=1S/C5H12S.Ag/c1-4-5(2,3)6;/h6H,4H2,1-3H3;. The van der Waals surface area contributed by atoms with Gasteiger partial charge in [-0.1, -0.05) is 20.8 Å². The molecule has 0 aromatic heterocycles. The van der Waals surface area contributed by atoms with Gasteiger partial charge in [-0.15, -0.1) is 0 Å². The van der Waals surface area contributed by atoms with E-state index in [0.29, 0.717) is 0 Å². The molecular formula is C5H12AgS. The quantitative estimate of drug-likeness (QED) is 0.499. The third-order valence-corrected chi connectivity index (χ3v) is 1.18. The summed E-state index contributed by atoms with van der Waals surface area (Å²) in [7, 11) is 0. The van der Waals surface area contributed by atoms with Crippen molar-refractivity contribution in [1.82, 2.24) is 0 Å². The summed E-state index contributed by atoms with van der Waals surface area (Å²) in [5, 5.41) is 0. The van der Waals surface area contributed by atoms with Crippen LogP contribution in [0.1, 0.15) is 27.2 Å². The van der Waals surface area contributed by atoms with E-state index in [1.807, 2.05) is 0 Å². The monoisotopic (exact) mass is 211 g/mol. The molecule has 0 aliphatic heterocycles. The third kappa shape index (κ3) is 11.0. The van der Waals surface area contributed by atoms with Gasteiger partial charge in [-0.05, 0) is 6.42 Å². The minimum Gasteiger partial charge on any atom is -0.173 e. The first-order chi connectivity index (χ1) is 2.56. The normalized spacial score (nSPS) is 10.3.